The molecule has 2 N–H and O–H groups in total. The Morgan fingerprint density at radius 3 is 2.57 bits per heavy atom. The van der Waals surface area contributed by atoms with E-state index in [1.807, 2.05) is 36.4 Å². The molecule has 3 aromatic carbocycles. The number of rotatable bonds is 6. The summed E-state index contributed by atoms with van der Waals surface area (Å²) in [6.07, 6.45) is 2.97. The van der Waals surface area contributed by atoms with Crippen molar-refractivity contribution in [1.29, 1.82) is 0 Å². The molecular formula is C27H19Cl2N3O3. The molecule has 0 atom stereocenters. The molecule has 5 rings (SSSR count). The zero-order valence-corrected chi connectivity index (χ0v) is 20.0. The number of fused-ring (bicyclic) bond motifs is 1. The lowest BCUT2D eigenvalue weighted by Gasteiger charge is -2.10. The van der Waals surface area contributed by atoms with E-state index < -0.39 is 0 Å². The number of halogens is 2. The van der Waals surface area contributed by atoms with E-state index in [4.69, 9.17) is 32.4 Å². The first-order valence-corrected chi connectivity index (χ1v) is 11.4. The lowest BCUT2D eigenvalue weighted by molar-refractivity contribution is -0.111. The number of anilines is 1. The van der Waals surface area contributed by atoms with Crippen molar-refractivity contribution in [2.45, 2.75) is 0 Å². The molecular weight excluding hydrogens is 485 g/mol. The number of nitrogens with one attached hydrogen (secondary N) is 2. The van der Waals surface area contributed by atoms with Crippen LogP contribution in [-0.4, -0.2) is 23.0 Å². The van der Waals surface area contributed by atoms with E-state index in [1.165, 1.54) is 6.08 Å². The Hall–Kier alpha value is -4.00. The molecule has 0 aliphatic rings. The van der Waals surface area contributed by atoms with Gasteiger partial charge in [-0.2, -0.15) is 0 Å². The lowest BCUT2D eigenvalue weighted by Crippen LogP contribution is -2.09. The average molecular weight is 504 g/mol. The summed E-state index contributed by atoms with van der Waals surface area (Å²) >= 11 is 12.1. The molecule has 0 aliphatic carbocycles. The smallest absolute Gasteiger partial charge is 0.248 e. The first kappa shape index (κ1) is 22.8. The van der Waals surface area contributed by atoms with Gasteiger partial charge in [-0.3, -0.25) is 4.79 Å². The van der Waals surface area contributed by atoms with E-state index in [1.54, 1.807) is 49.6 Å². The molecule has 0 unspecified atom stereocenters. The molecule has 1 amide bonds. The highest BCUT2D eigenvalue weighted by Crippen LogP contribution is 2.31. The standard InChI is InChI=1S/C27H19Cl2N3O3/c1-34-25-9-6-16(27-31-21-4-2-3-5-22(21)32-27)14-23(25)30-26(33)11-8-20-7-10-24(35-20)17-12-18(28)15-19(29)13-17/h2-15H,1H3,(H,30,33)(H,31,32)/b11-8+. The number of methoxy groups -OCH3 is 1. The maximum Gasteiger partial charge on any atom is 0.248 e. The minimum atomic E-state index is -0.339. The predicted octanol–water partition coefficient (Wildman–Crippen LogP) is 7.46. The van der Waals surface area contributed by atoms with Crippen LogP contribution in [0.15, 0.2) is 83.3 Å². The Morgan fingerprint density at radius 1 is 1.00 bits per heavy atom. The summed E-state index contributed by atoms with van der Waals surface area (Å²) in [5.41, 5.74) is 3.89. The van der Waals surface area contributed by atoms with Crippen LogP contribution in [-0.2, 0) is 4.79 Å². The molecule has 8 heteroatoms. The Bertz CT molecular complexity index is 1520. The van der Waals surface area contributed by atoms with Gasteiger partial charge in [0.1, 0.15) is 23.1 Å². The second-order valence-corrected chi connectivity index (χ2v) is 8.57. The predicted molar refractivity (Wildman–Crippen MR) is 140 cm³/mol. The number of para-hydroxylation sites is 2. The van der Waals surface area contributed by atoms with E-state index in [2.05, 4.69) is 15.3 Å². The van der Waals surface area contributed by atoms with Crippen LogP contribution >= 0.6 is 23.2 Å². The van der Waals surface area contributed by atoms with Crippen LogP contribution in [0.25, 0.3) is 39.8 Å². The monoisotopic (exact) mass is 503 g/mol. The van der Waals surface area contributed by atoms with Gasteiger partial charge in [-0.25, -0.2) is 4.98 Å². The zero-order valence-electron chi connectivity index (χ0n) is 18.5. The molecule has 0 spiro atoms. The zero-order chi connectivity index (χ0) is 24.4. The number of hydrogen-bond donors (Lipinski definition) is 2. The third kappa shape index (κ3) is 5.09. The molecule has 2 aromatic heterocycles. The van der Waals surface area contributed by atoms with Crippen molar-refractivity contribution in [1.82, 2.24) is 9.97 Å². The van der Waals surface area contributed by atoms with Crippen LogP contribution < -0.4 is 10.1 Å². The van der Waals surface area contributed by atoms with Crippen LogP contribution in [0.3, 0.4) is 0 Å². The number of H-pyrrole nitrogens is 1. The SMILES string of the molecule is COc1ccc(-c2nc3ccccc3[nH]2)cc1NC(=O)/C=C/c1ccc(-c2cc(Cl)cc(Cl)c2)o1. The van der Waals surface area contributed by atoms with Gasteiger partial charge in [0.15, 0.2) is 0 Å². The van der Waals surface area contributed by atoms with Gasteiger partial charge < -0.3 is 19.5 Å². The van der Waals surface area contributed by atoms with Crippen LogP contribution in [0.2, 0.25) is 10.0 Å². The van der Waals surface area contributed by atoms with Crippen molar-refractivity contribution in [3.63, 3.8) is 0 Å². The quantitative estimate of drug-likeness (QED) is 0.235. The lowest BCUT2D eigenvalue weighted by atomic mass is 10.1. The van der Waals surface area contributed by atoms with E-state index in [9.17, 15) is 4.79 Å². The molecule has 0 bridgehead atoms. The highest BCUT2D eigenvalue weighted by atomic mass is 35.5. The first-order valence-electron chi connectivity index (χ1n) is 10.7. The van der Waals surface area contributed by atoms with Gasteiger partial charge in [-0.05, 0) is 66.7 Å². The summed E-state index contributed by atoms with van der Waals surface area (Å²) in [6.45, 7) is 0. The maximum absolute atomic E-state index is 12.7. The molecule has 0 fully saturated rings. The van der Waals surface area contributed by atoms with Crippen molar-refractivity contribution < 1.29 is 13.9 Å². The third-order valence-electron chi connectivity index (χ3n) is 5.29. The number of furan rings is 1. The average Bonchev–Trinajstić information content (AvgIpc) is 3.49. The van der Waals surface area contributed by atoms with Crippen molar-refractivity contribution in [3.05, 3.63) is 94.7 Å². The van der Waals surface area contributed by atoms with Crippen molar-refractivity contribution in [2.24, 2.45) is 0 Å². The number of hydrogen-bond acceptors (Lipinski definition) is 4. The highest BCUT2D eigenvalue weighted by Gasteiger charge is 2.11. The van der Waals surface area contributed by atoms with Gasteiger partial charge in [0, 0.05) is 27.2 Å². The van der Waals surface area contributed by atoms with Crippen molar-refractivity contribution >= 4 is 51.9 Å². The van der Waals surface area contributed by atoms with Crippen LogP contribution in [0.1, 0.15) is 5.76 Å². The normalized spacial score (nSPS) is 11.3. The summed E-state index contributed by atoms with van der Waals surface area (Å²) in [5, 5.41) is 3.89. The third-order valence-corrected chi connectivity index (χ3v) is 5.73. The molecule has 174 valence electrons. The van der Waals surface area contributed by atoms with Crippen molar-refractivity contribution in [3.8, 4) is 28.5 Å². The molecule has 35 heavy (non-hydrogen) atoms. The number of carbonyl (C=O) groups is 1. The summed E-state index contributed by atoms with van der Waals surface area (Å²) in [5.74, 6) is 1.99. The van der Waals surface area contributed by atoms with E-state index in [0.29, 0.717) is 38.8 Å². The molecule has 2 heterocycles. The van der Waals surface area contributed by atoms with Crippen LogP contribution in [0.4, 0.5) is 5.69 Å². The Labute approximate surface area is 211 Å². The van der Waals surface area contributed by atoms with E-state index in [-0.39, 0.29) is 5.91 Å². The van der Waals surface area contributed by atoms with Gasteiger partial charge in [-0.1, -0.05) is 35.3 Å². The van der Waals surface area contributed by atoms with E-state index in [0.717, 1.165) is 22.2 Å². The molecule has 0 saturated heterocycles. The maximum atomic E-state index is 12.7. The summed E-state index contributed by atoms with van der Waals surface area (Å²) < 4.78 is 11.2. The number of nitrogens with zero attached hydrogens (tertiary/aromatic N) is 1. The summed E-state index contributed by atoms with van der Waals surface area (Å²) in [6, 6.07) is 22.0. The Morgan fingerprint density at radius 2 is 1.80 bits per heavy atom. The molecule has 0 aliphatic heterocycles. The van der Waals surface area contributed by atoms with Gasteiger partial charge in [0.2, 0.25) is 5.91 Å². The number of imidazole rings is 1. The van der Waals surface area contributed by atoms with Gasteiger partial charge >= 0.3 is 0 Å². The first-order chi connectivity index (χ1) is 17.0. The van der Waals surface area contributed by atoms with Gasteiger partial charge in [0.25, 0.3) is 0 Å². The largest absolute Gasteiger partial charge is 0.495 e. The molecule has 6 nitrogen and oxygen atoms in total. The fourth-order valence-electron chi connectivity index (χ4n) is 3.67. The highest BCUT2D eigenvalue weighted by molar-refractivity contribution is 6.35. The number of aromatic amines is 1. The van der Waals surface area contributed by atoms with Crippen LogP contribution in [0.5, 0.6) is 5.75 Å². The summed E-state index contributed by atoms with van der Waals surface area (Å²) in [4.78, 5) is 20.6. The minimum absolute atomic E-state index is 0.339. The molecule has 0 saturated carbocycles. The van der Waals surface area contributed by atoms with Crippen molar-refractivity contribution in [2.75, 3.05) is 12.4 Å². The van der Waals surface area contributed by atoms with Crippen LogP contribution in [0, 0.1) is 0 Å². The topological polar surface area (TPSA) is 80.1 Å². The van der Waals surface area contributed by atoms with Gasteiger partial charge in [0.05, 0.1) is 23.8 Å². The fraction of sp³-hybridized carbons (Fsp3) is 0.0370. The Balaban J connectivity index is 1.34. The molecule has 5 aromatic rings. The Kier molecular flexibility index (Phi) is 6.31. The number of amides is 1. The van der Waals surface area contributed by atoms with Gasteiger partial charge in [-0.15, -0.1) is 0 Å². The number of aromatic nitrogens is 2. The second kappa shape index (κ2) is 9.70. The van der Waals surface area contributed by atoms with E-state index >= 15 is 0 Å². The minimum Gasteiger partial charge on any atom is -0.495 e. The number of ether oxygens (including phenoxy) is 1. The second-order valence-electron chi connectivity index (χ2n) is 7.70. The number of carbonyl (C=O) groups excluding carboxylic acids is 1. The fourth-order valence-corrected chi connectivity index (χ4v) is 4.19. The number of benzene rings is 3. The molecule has 0 radical (unpaired) electrons. The summed E-state index contributed by atoms with van der Waals surface area (Å²) in [7, 11) is 1.55.